The highest BCUT2D eigenvalue weighted by atomic mass is 32.1. The first kappa shape index (κ1) is 11.6. The Morgan fingerprint density at radius 1 is 1.50 bits per heavy atom. The standard InChI is InChI=1S/C13H18O2S/c1-13(2,3)8-4-5-9-10(12(14)15)7-16-11(9)6-8/h7-8H,4-6H2,1-3H3,(H,14,15)/t8-/m0/s1. The number of carboxylic acids is 1. The number of thiophene rings is 1. The minimum absolute atomic E-state index is 0.324. The lowest BCUT2D eigenvalue weighted by Crippen LogP contribution is -2.26. The Labute approximate surface area is 100 Å². The maximum absolute atomic E-state index is 11.0. The molecule has 0 unspecified atom stereocenters. The van der Waals surface area contributed by atoms with Gasteiger partial charge in [0, 0.05) is 10.3 Å². The Kier molecular flexibility index (Phi) is 2.82. The van der Waals surface area contributed by atoms with Crippen LogP contribution in [-0.2, 0) is 12.8 Å². The van der Waals surface area contributed by atoms with Crippen molar-refractivity contribution in [1.82, 2.24) is 0 Å². The van der Waals surface area contributed by atoms with Gasteiger partial charge in [0.1, 0.15) is 0 Å². The minimum atomic E-state index is -0.772. The molecule has 1 heterocycles. The van der Waals surface area contributed by atoms with Crippen LogP contribution in [0.15, 0.2) is 5.38 Å². The molecule has 1 N–H and O–H groups in total. The van der Waals surface area contributed by atoms with Crippen molar-refractivity contribution in [3.8, 4) is 0 Å². The molecule has 0 amide bonds. The molecule has 0 saturated heterocycles. The second-order valence-electron chi connectivity index (χ2n) is 5.66. The Bertz CT molecular complexity index is 412. The van der Waals surface area contributed by atoms with E-state index in [4.69, 9.17) is 5.11 Å². The monoisotopic (exact) mass is 238 g/mol. The Balaban J connectivity index is 2.27. The van der Waals surface area contributed by atoms with Gasteiger partial charge in [-0.2, -0.15) is 0 Å². The highest BCUT2D eigenvalue weighted by Crippen LogP contribution is 2.40. The highest BCUT2D eigenvalue weighted by molar-refractivity contribution is 7.10. The molecule has 1 atom stereocenters. The Morgan fingerprint density at radius 3 is 2.75 bits per heavy atom. The van der Waals surface area contributed by atoms with E-state index < -0.39 is 5.97 Å². The normalized spacial score (nSPS) is 20.6. The van der Waals surface area contributed by atoms with Crippen molar-refractivity contribution in [3.05, 3.63) is 21.4 Å². The van der Waals surface area contributed by atoms with Crippen LogP contribution >= 0.6 is 11.3 Å². The molecule has 0 saturated carbocycles. The molecule has 1 aliphatic rings. The molecule has 0 radical (unpaired) electrons. The zero-order chi connectivity index (χ0) is 11.9. The number of rotatable bonds is 1. The van der Waals surface area contributed by atoms with Crippen LogP contribution in [-0.4, -0.2) is 11.1 Å². The van der Waals surface area contributed by atoms with Crippen molar-refractivity contribution in [2.45, 2.75) is 40.0 Å². The summed E-state index contributed by atoms with van der Waals surface area (Å²) < 4.78 is 0. The predicted octanol–water partition coefficient (Wildman–Crippen LogP) is 3.60. The maximum atomic E-state index is 11.0. The molecule has 1 aromatic heterocycles. The molecule has 0 aliphatic heterocycles. The molecule has 0 spiro atoms. The van der Waals surface area contributed by atoms with E-state index in [1.807, 2.05) is 0 Å². The second kappa shape index (κ2) is 3.88. The highest BCUT2D eigenvalue weighted by Gasteiger charge is 2.31. The molecule has 1 aliphatic carbocycles. The molecule has 3 heteroatoms. The summed E-state index contributed by atoms with van der Waals surface area (Å²) in [5, 5.41) is 10.9. The van der Waals surface area contributed by atoms with E-state index in [0.717, 1.165) is 24.8 Å². The summed E-state index contributed by atoms with van der Waals surface area (Å²) >= 11 is 1.62. The van der Waals surface area contributed by atoms with Crippen LogP contribution in [0.5, 0.6) is 0 Å². The van der Waals surface area contributed by atoms with Crippen molar-refractivity contribution in [3.63, 3.8) is 0 Å². The summed E-state index contributed by atoms with van der Waals surface area (Å²) in [7, 11) is 0. The number of aromatic carboxylic acids is 1. The van der Waals surface area contributed by atoms with Crippen LogP contribution in [0.4, 0.5) is 0 Å². The summed E-state index contributed by atoms with van der Waals surface area (Å²) in [5.74, 6) is -0.0907. The van der Waals surface area contributed by atoms with E-state index in [1.165, 1.54) is 4.88 Å². The lowest BCUT2D eigenvalue weighted by Gasteiger charge is -2.33. The summed E-state index contributed by atoms with van der Waals surface area (Å²) in [5.41, 5.74) is 1.95. The van der Waals surface area contributed by atoms with Crippen LogP contribution < -0.4 is 0 Å². The number of carbonyl (C=O) groups is 1. The number of fused-ring (bicyclic) bond motifs is 1. The van der Waals surface area contributed by atoms with Crippen LogP contribution in [0.3, 0.4) is 0 Å². The van der Waals surface area contributed by atoms with Crippen LogP contribution in [0.25, 0.3) is 0 Å². The fraction of sp³-hybridized carbons (Fsp3) is 0.615. The van der Waals surface area contributed by atoms with Gasteiger partial charge in [-0.3, -0.25) is 0 Å². The molecule has 0 aromatic carbocycles. The van der Waals surface area contributed by atoms with E-state index in [0.29, 0.717) is 16.9 Å². The van der Waals surface area contributed by atoms with Gasteiger partial charge in [-0.1, -0.05) is 20.8 Å². The number of hydrogen-bond acceptors (Lipinski definition) is 2. The van der Waals surface area contributed by atoms with Gasteiger partial charge in [-0.05, 0) is 36.2 Å². The summed E-state index contributed by atoms with van der Waals surface area (Å²) in [6, 6.07) is 0. The van der Waals surface area contributed by atoms with Gasteiger partial charge in [0.25, 0.3) is 0 Å². The average Bonchev–Trinajstić information content (AvgIpc) is 2.58. The Morgan fingerprint density at radius 2 is 2.19 bits per heavy atom. The van der Waals surface area contributed by atoms with Gasteiger partial charge in [-0.25, -0.2) is 4.79 Å². The SMILES string of the molecule is CC(C)(C)[C@H]1CCc2c(C(=O)O)csc2C1. The molecule has 88 valence electrons. The fourth-order valence-corrected chi connectivity index (χ4v) is 3.59. The molecule has 0 fully saturated rings. The lowest BCUT2D eigenvalue weighted by atomic mass is 9.72. The van der Waals surface area contributed by atoms with E-state index in [-0.39, 0.29) is 0 Å². The molecule has 16 heavy (non-hydrogen) atoms. The zero-order valence-electron chi connectivity index (χ0n) is 10.0. The summed E-state index contributed by atoms with van der Waals surface area (Å²) in [6.45, 7) is 6.82. The van der Waals surface area contributed by atoms with Crippen LogP contribution in [0.1, 0.15) is 48.0 Å². The average molecular weight is 238 g/mol. The van der Waals surface area contributed by atoms with E-state index >= 15 is 0 Å². The van der Waals surface area contributed by atoms with Gasteiger partial charge in [0.15, 0.2) is 0 Å². The van der Waals surface area contributed by atoms with E-state index in [9.17, 15) is 4.79 Å². The second-order valence-corrected chi connectivity index (χ2v) is 6.63. The molecule has 2 rings (SSSR count). The molecule has 1 aromatic rings. The smallest absolute Gasteiger partial charge is 0.336 e. The fourth-order valence-electron chi connectivity index (χ4n) is 2.43. The van der Waals surface area contributed by atoms with Gasteiger partial charge >= 0.3 is 5.97 Å². The molecular formula is C13H18O2S. The van der Waals surface area contributed by atoms with Crippen LogP contribution in [0, 0.1) is 11.3 Å². The van der Waals surface area contributed by atoms with Crippen LogP contribution in [0.2, 0.25) is 0 Å². The van der Waals surface area contributed by atoms with Crippen molar-refractivity contribution < 1.29 is 9.90 Å². The largest absolute Gasteiger partial charge is 0.478 e. The van der Waals surface area contributed by atoms with Crippen molar-refractivity contribution in [1.29, 1.82) is 0 Å². The number of hydrogen-bond donors (Lipinski definition) is 1. The van der Waals surface area contributed by atoms with E-state index in [2.05, 4.69) is 20.8 Å². The Hall–Kier alpha value is -0.830. The zero-order valence-corrected chi connectivity index (χ0v) is 10.9. The topological polar surface area (TPSA) is 37.3 Å². The van der Waals surface area contributed by atoms with Crippen molar-refractivity contribution in [2.75, 3.05) is 0 Å². The van der Waals surface area contributed by atoms with Gasteiger partial charge < -0.3 is 5.11 Å². The summed E-state index contributed by atoms with van der Waals surface area (Å²) in [4.78, 5) is 12.3. The number of carboxylic acid groups (broad SMARTS) is 1. The first-order chi connectivity index (χ1) is 7.39. The molecule has 0 bridgehead atoms. The summed E-state index contributed by atoms with van der Waals surface area (Å²) in [6.07, 6.45) is 3.10. The van der Waals surface area contributed by atoms with Gasteiger partial charge in [0.2, 0.25) is 0 Å². The third-order valence-electron chi connectivity index (χ3n) is 3.61. The third kappa shape index (κ3) is 2.01. The lowest BCUT2D eigenvalue weighted by molar-refractivity contribution is 0.0695. The quantitative estimate of drug-likeness (QED) is 0.811. The van der Waals surface area contributed by atoms with Gasteiger partial charge in [-0.15, -0.1) is 11.3 Å². The van der Waals surface area contributed by atoms with Gasteiger partial charge in [0.05, 0.1) is 5.56 Å². The van der Waals surface area contributed by atoms with Crippen molar-refractivity contribution >= 4 is 17.3 Å². The maximum Gasteiger partial charge on any atom is 0.336 e. The first-order valence-electron chi connectivity index (χ1n) is 5.72. The third-order valence-corrected chi connectivity index (χ3v) is 4.66. The van der Waals surface area contributed by atoms with E-state index in [1.54, 1.807) is 16.7 Å². The molecular weight excluding hydrogens is 220 g/mol. The van der Waals surface area contributed by atoms with Crippen molar-refractivity contribution in [2.24, 2.45) is 11.3 Å². The minimum Gasteiger partial charge on any atom is -0.478 e. The molecule has 2 nitrogen and oxygen atoms in total. The first-order valence-corrected chi connectivity index (χ1v) is 6.60. The predicted molar refractivity (Wildman–Crippen MR) is 66.2 cm³/mol.